The molecule has 202 valence electrons. The molecule has 2 aromatic carbocycles. The fraction of sp³-hybridized carbons (Fsp3) is 0.464. The summed E-state index contributed by atoms with van der Waals surface area (Å²) in [5.74, 6) is -1.21. The zero-order valence-electron chi connectivity index (χ0n) is 22.0. The number of anilines is 2. The first-order chi connectivity index (χ1) is 18.0. The number of aliphatic hydroxyl groups excluding tert-OH is 1. The van der Waals surface area contributed by atoms with Gasteiger partial charge in [0.25, 0.3) is 5.91 Å². The second-order valence-corrected chi connectivity index (χ2v) is 14.7. The molecule has 2 aromatic rings. The number of halogens is 1. The summed E-state index contributed by atoms with van der Waals surface area (Å²) >= 11 is 0. The van der Waals surface area contributed by atoms with Crippen molar-refractivity contribution in [3.63, 3.8) is 0 Å². The molecule has 3 aliphatic heterocycles. The van der Waals surface area contributed by atoms with Crippen LogP contribution in [0.15, 0.2) is 48.5 Å². The standard InChI is InChI=1S/C28H33FN2O6Si/c1-17-26(38(3,4)29)23(13-14-32)37-28(17)21-7-5-6-8-22(21)30(27(28)35)16-19-9-11-20(12-10-19)31-24(34)15-25(31)36-18(2)33/h5-12,17,23,25-26,32H,13-16H2,1-4H3/t17-,23+,25?,26-,28+/m1/s1. The van der Waals surface area contributed by atoms with Crippen LogP contribution in [0.3, 0.4) is 0 Å². The highest BCUT2D eigenvalue weighted by Gasteiger charge is 2.66. The second kappa shape index (κ2) is 9.59. The Morgan fingerprint density at radius 3 is 2.47 bits per heavy atom. The number of hydrogen-bond donors (Lipinski definition) is 1. The Balaban J connectivity index is 1.43. The summed E-state index contributed by atoms with van der Waals surface area (Å²) in [6.07, 6.45) is -0.728. The van der Waals surface area contributed by atoms with Crippen molar-refractivity contribution in [3.8, 4) is 0 Å². The summed E-state index contributed by atoms with van der Waals surface area (Å²) in [7, 11) is -3.24. The Morgan fingerprint density at radius 1 is 1.18 bits per heavy atom. The lowest BCUT2D eigenvalue weighted by Gasteiger charge is -2.39. The highest BCUT2D eigenvalue weighted by atomic mass is 28.4. The fourth-order valence-corrected chi connectivity index (χ4v) is 9.03. The van der Waals surface area contributed by atoms with E-state index in [9.17, 15) is 19.5 Å². The van der Waals surface area contributed by atoms with E-state index in [4.69, 9.17) is 9.47 Å². The van der Waals surface area contributed by atoms with Gasteiger partial charge in [0.05, 0.1) is 24.8 Å². The quantitative estimate of drug-likeness (QED) is 0.247. The zero-order chi connectivity index (χ0) is 27.4. The molecule has 0 aromatic heterocycles. The Bertz CT molecular complexity index is 1260. The number of β-lactam (4-membered cyclic amide) rings is 1. The van der Waals surface area contributed by atoms with Crippen molar-refractivity contribution >= 4 is 37.6 Å². The van der Waals surface area contributed by atoms with Gasteiger partial charge >= 0.3 is 5.97 Å². The molecule has 1 N–H and O–H groups in total. The summed E-state index contributed by atoms with van der Waals surface area (Å²) in [6, 6.07) is 14.7. The molecule has 0 aliphatic carbocycles. The Hall–Kier alpha value is -3.08. The molecule has 2 saturated heterocycles. The van der Waals surface area contributed by atoms with Gasteiger partial charge in [-0.2, -0.15) is 0 Å². The molecule has 3 aliphatic rings. The minimum atomic E-state index is -3.24. The maximum Gasteiger partial charge on any atom is 0.304 e. The molecule has 0 radical (unpaired) electrons. The number of carbonyl (C=O) groups is 3. The smallest absolute Gasteiger partial charge is 0.304 e. The van der Waals surface area contributed by atoms with Crippen LogP contribution in [0.5, 0.6) is 0 Å². The van der Waals surface area contributed by atoms with Gasteiger partial charge < -0.3 is 23.6 Å². The van der Waals surface area contributed by atoms with Crippen LogP contribution in [0, 0.1) is 5.92 Å². The lowest BCUT2D eigenvalue weighted by molar-refractivity contribution is -0.154. The molecule has 38 heavy (non-hydrogen) atoms. The Kier molecular flexibility index (Phi) is 6.69. The monoisotopic (exact) mass is 540 g/mol. The molecule has 1 spiro atoms. The predicted molar refractivity (Wildman–Crippen MR) is 141 cm³/mol. The van der Waals surface area contributed by atoms with Gasteiger partial charge in [-0.3, -0.25) is 19.3 Å². The minimum absolute atomic E-state index is 0.131. The average Bonchev–Trinajstić information content (AvgIpc) is 3.27. The van der Waals surface area contributed by atoms with Gasteiger partial charge in [0.2, 0.25) is 14.3 Å². The molecule has 0 bridgehead atoms. The van der Waals surface area contributed by atoms with E-state index in [-0.39, 0.29) is 37.8 Å². The normalized spacial score (nSPS) is 28.6. The summed E-state index contributed by atoms with van der Waals surface area (Å²) < 4.78 is 27.3. The van der Waals surface area contributed by atoms with Gasteiger partial charge in [0, 0.05) is 36.2 Å². The topological polar surface area (TPSA) is 96.4 Å². The van der Waals surface area contributed by atoms with Crippen LogP contribution in [-0.4, -0.2) is 50.2 Å². The van der Waals surface area contributed by atoms with E-state index in [1.807, 2.05) is 43.3 Å². The van der Waals surface area contributed by atoms with Crippen LogP contribution in [0.1, 0.15) is 37.8 Å². The van der Waals surface area contributed by atoms with E-state index < -0.39 is 43.8 Å². The van der Waals surface area contributed by atoms with Crippen molar-refractivity contribution in [3.05, 3.63) is 59.7 Å². The number of para-hydroxylation sites is 1. The molecule has 0 saturated carbocycles. The maximum atomic E-state index is 15.6. The number of nitrogens with zero attached hydrogens (tertiary/aromatic N) is 2. The largest absolute Gasteiger partial charge is 0.441 e. The Labute approximate surface area is 222 Å². The fourth-order valence-electron chi connectivity index (χ4n) is 6.48. The lowest BCUT2D eigenvalue weighted by atomic mass is 9.82. The first kappa shape index (κ1) is 26.5. The van der Waals surface area contributed by atoms with Gasteiger partial charge in [0.15, 0.2) is 11.8 Å². The summed E-state index contributed by atoms with van der Waals surface area (Å²) in [5, 5.41) is 9.66. The predicted octanol–water partition coefficient (Wildman–Crippen LogP) is 4.02. The van der Waals surface area contributed by atoms with Crippen LogP contribution in [0.4, 0.5) is 15.5 Å². The number of benzene rings is 2. The van der Waals surface area contributed by atoms with Crippen LogP contribution in [0.2, 0.25) is 18.6 Å². The first-order valence-electron chi connectivity index (χ1n) is 13.0. The highest BCUT2D eigenvalue weighted by molar-refractivity contribution is 6.72. The number of hydrogen-bond acceptors (Lipinski definition) is 6. The van der Waals surface area contributed by atoms with E-state index in [0.717, 1.165) is 16.8 Å². The second-order valence-electron chi connectivity index (χ2n) is 10.9. The maximum absolute atomic E-state index is 15.6. The van der Waals surface area contributed by atoms with Gasteiger partial charge in [0.1, 0.15) is 0 Å². The highest BCUT2D eigenvalue weighted by Crippen LogP contribution is 2.60. The first-order valence-corrected chi connectivity index (χ1v) is 15.9. The molecule has 1 unspecified atom stereocenters. The number of esters is 1. The van der Waals surface area contributed by atoms with Crippen LogP contribution in [0.25, 0.3) is 0 Å². The Morgan fingerprint density at radius 2 is 1.87 bits per heavy atom. The number of ether oxygens (including phenoxy) is 2. The van der Waals surface area contributed by atoms with E-state index >= 15 is 4.11 Å². The third-order valence-electron chi connectivity index (χ3n) is 8.04. The van der Waals surface area contributed by atoms with Crippen LogP contribution < -0.4 is 9.80 Å². The van der Waals surface area contributed by atoms with Gasteiger partial charge in [-0.05, 0) is 43.3 Å². The van der Waals surface area contributed by atoms with Gasteiger partial charge in [-0.25, -0.2) is 0 Å². The number of amides is 2. The molecule has 5 rings (SSSR count). The lowest BCUT2D eigenvalue weighted by Crippen LogP contribution is -2.54. The van der Waals surface area contributed by atoms with E-state index in [1.54, 1.807) is 30.1 Å². The molecule has 2 amide bonds. The van der Waals surface area contributed by atoms with Crippen molar-refractivity contribution in [2.45, 2.75) is 69.8 Å². The molecule has 2 fully saturated rings. The van der Waals surface area contributed by atoms with E-state index in [0.29, 0.717) is 5.69 Å². The third-order valence-corrected chi connectivity index (χ3v) is 10.5. The zero-order valence-corrected chi connectivity index (χ0v) is 23.0. The molecule has 3 heterocycles. The third kappa shape index (κ3) is 4.15. The van der Waals surface area contributed by atoms with E-state index in [2.05, 4.69) is 0 Å². The van der Waals surface area contributed by atoms with Crippen molar-refractivity contribution in [1.29, 1.82) is 0 Å². The van der Waals surface area contributed by atoms with Crippen molar-refractivity contribution in [2.24, 2.45) is 5.92 Å². The van der Waals surface area contributed by atoms with Crippen molar-refractivity contribution in [2.75, 3.05) is 16.4 Å². The number of carbonyl (C=O) groups excluding carboxylic acids is 3. The summed E-state index contributed by atoms with van der Waals surface area (Å²) in [6.45, 7) is 6.61. The van der Waals surface area contributed by atoms with Gasteiger partial charge in [-0.15, -0.1) is 0 Å². The number of fused-ring (bicyclic) bond motifs is 2. The average molecular weight is 541 g/mol. The number of aliphatic hydroxyl groups is 1. The SMILES string of the molecule is CC(=O)OC1CC(=O)N1c1ccc(CN2C(=O)[C@@]3(O[C@@H](CCO)[C@H]([Si](C)(C)F)[C@H]3C)c3ccccc32)cc1. The molecule has 10 heteroatoms. The van der Waals surface area contributed by atoms with Crippen molar-refractivity contribution in [1.82, 2.24) is 0 Å². The van der Waals surface area contributed by atoms with Crippen molar-refractivity contribution < 1.29 is 33.1 Å². The molecular formula is C28H33FN2O6Si. The van der Waals surface area contributed by atoms with Crippen LogP contribution in [-0.2, 0) is 36.0 Å². The molecule has 8 nitrogen and oxygen atoms in total. The van der Waals surface area contributed by atoms with Gasteiger partial charge in [-0.1, -0.05) is 37.3 Å². The summed E-state index contributed by atoms with van der Waals surface area (Å²) in [4.78, 5) is 40.8. The number of rotatable bonds is 7. The molecular weight excluding hydrogens is 507 g/mol. The van der Waals surface area contributed by atoms with E-state index in [1.165, 1.54) is 11.8 Å². The van der Waals surface area contributed by atoms with Crippen LogP contribution >= 0.6 is 0 Å². The molecule has 5 atom stereocenters. The minimum Gasteiger partial charge on any atom is -0.441 e. The summed E-state index contributed by atoms with van der Waals surface area (Å²) in [5.41, 5.74) is 1.15.